The number of rotatable bonds is 6. The molecule has 0 bridgehead atoms. The van der Waals surface area contributed by atoms with Gasteiger partial charge in [-0.15, -0.1) is 0 Å². The summed E-state index contributed by atoms with van der Waals surface area (Å²) in [5, 5.41) is 13.5. The smallest absolute Gasteiger partial charge is 0.365 e. The zero-order chi connectivity index (χ0) is 20.9. The van der Waals surface area contributed by atoms with E-state index in [-0.39, 0.29) is 28.0 Å². The zero-order valence-electron chi connectivity index (χ0n) is 14.4. The van der Waals surface area contributed by atoms with E-state index in [1.165, 1.54) is 18.2 Å². The van der Waals surface area contributed by atoms with E-state index >= 15 is 0 Å². The van der Waals surface area contributed by atoms with Crippen LogP contribution in [0.5, 0.6) is 5.75 Å². The van der Waals surface area contributed by atoms with Crippen molar-refractivity contribution in [3.63, 3.8) is 0 Å². The Balaban J connectivity index is 2.09. The molecule has 0 unspecified atom stereocenters. The Hall–Kier alpha value is -2.88. The molecule has 0 saturated heterocycles. The summed E-state index contributed by atoms with van der Waals surface area (Å²) >= 11 is 11.6. The maximum absolute atomic E-state index is 11.9. The van der Waals surface area contributed by atoms with E-state index in [1.54, 1.807) is 24.6 Å². The van der Waals surface area contributed by atoms with Crippen molar-refractivity contribution in [3.8, 4) is 11.8 Å². The predicted octanol–water partition coefficient (Wildman–Crippen LogP) is 2.34. The van der Waals surface area contributed by atoms with Crippen molar-refractivity contribution in [2.45, 2.75) is 19.4 Å². The summed E-state index contributed by atoms with van der Waals surface area (Å²) in [7, 11) is -4.54. The Morgan fingerprint density at radius 2 is 1.82 bits per heavy atom. The normalized spacial score (nSPS) is 11.2. The lowest BCUT2D eigenvalue weighted by atomic mass is 10.1. The van der Waals surface area contributed by atoms with E-state index in [4.69, 9.17) is 32.6 Å². The van der Waals surface area contributed by atoms with Crippen LogP contribution in [0.3, 0.4) is 0 Å². The van der Waals surface area contributed by atoms with Gasteiger partial charge in [0.15, 0.2) is 5.75 Å². The second-order valence-electron chi connectivity index (χ2n) is 5.64. The highest BCUT2D eigenvalue weighted by atomic mass is 35.5. The zero-order valence-corrected chi connectivity index (χ0v) is 16.7. The molecule has 28 heavy (non-hydrogen) atoms. The van der Waals surface area contributed by atoms with E-state index < -0.39 is 21.9 Å². The molecule has 11 nitrogen and oxygen atoms in total. The molecule has 2 amide bonds. The lowest BCUT2D eigenvalue weighted by Crippen LogP contribution is -2.37. The van der Waals surface area contributed by atoms with Crippen molar-refractivity contribution in [2.75, 3.05) is 10.6 Å². The minimum Gasteiger partial charge on any atom is -0.365 e. The highest BCUT2D eigenvalue weighted by molar-refractivity contribution is 7.85. The van der Waals surface area contributed by atoms with E-state index in [0.717, 1.165) is 0 Å². The van der Waals surface area contributed by atoms with Gasteiger partial charge >= 0.3 is 16.3 Å². The number of carbonyl (C=O) groups excluding carboxylic acids is 1. The highest BCUT2D eigenvalue weighted by Gasteiger charge is 2.21. The number of nitrogens with one attached hydrogen (secondary N) is 3. The molecule has 0 radical (unpaired) electrons. The first kappa shape index (κ1) is 21.4. The van der Waals surface area contributed by atoms with Crippen LogP contribution in [0.4, 0.5) is 16.7 Å². The van der Waals surface area contributed by atoms with Gasteiger partial charge < -0.3 is 9.50 Å². The lowest BCUT2D eigenvalue weighted by Gasteiger charge is -2.17. The molecule has 0 atom stereocenters. The number of anilines is 2. The fourth-order valence-corrected chi connectivity index (χ4v) is 2.74. The highest BCUT2D eigenvalue weighted by Crippen LogP contribution is 2.24. The summed E-state index contributed by atoms with van der Waals surface area (Å²) in [6.45, 7) is 3.12. The summed E-state index contributed by atoms with van der Waals surface area (Å²) < 4.78 is 30.2. The maximum Gasteiger partial charge on any atom is 0.411 e. The second kappa shape index (κ2) is 8.42. The lowest BCUT2D eigenvalue weighted by molar-refractivity contribution is 0.255. The van der Waals surface area contributed by atoms with Crippen molar-refractivity contribution in [1.82, 2.24) is 19.7 Å². The molecule has 0 aliphatic heterocycles. The number of nitrogens with zero attached hydrogens (tertiary/aromatic N) is 4. The number of hydrogen-bond donors (Lipinski definition) is 3. The summed E-state index contributed by atoms with van der Waals surface area (Å²) in [6.07, 6.45) is 0. The van der Waals surface area contributed by atoms with Gasteiger partial charge in [0.1, 0.15) is 5.54 Å². The van der Waals surface area contributed by atoms with Crippen molar-refractivity contribution < 1.29 is 17.4 Å². The third-order valence-electron chi connectivity index (χ3n) is 2.79. The predicted molar refractivity (Wildman–Crippen MR) is 101 cm³/mol. The van der Waals surface area contributed by atoms with Crippen molar-refractivity contribution in [1.29, 1.82) is 5.26 Å². The van der Waals surface area contributed by atoms with Gasteiger partial charge in [-0.3, -0.25) is 5.32 Å². The molecule has 0 aliphatic rings. The number of amides is 2. The van der Waals surface area contributed by atoms with Crippen molar-refractivity contribution >= 4 is 51.4 Å². The van der Waals surface area contributed by atoms with E-state index in [2.05, 4.69) is 25.6 Å². The summed E-state index contributed by atoms with van der Waals surface area (Å²) in [6, 6.07) is 6.54. The Kier molecular flexibility index (Phi) is 6.45. The largest absolute Gasteiger partial charge is 0.411 e. The van der Waals surface area contributed by atoms with Gasteiger partial charge in [0.2, 0.25) is 17.2 Å². The Labute approximate surface area is 170 Å². The summed E-state index contributed by atoms with van der Waals surface area (Å²) in [5.41, 5.74) is -1.03. The second-order valence-corrected chi connectivity index (χ2v) is 7.66. The van der Waals surface area contributed by atoms with Gasteiger partial charge in [0.25, 0.3) is 0 Å². The average Bonchev–Trinajstić information content (AvgIpc) is 2.55. The van der Waals surface area contributed by atoms with Crippen LogP contribution < -0.4 is 19.5 Å². The van der Waals surface area contributed by atoms with Gasteiger partial charge in [-0.1, -0.05) is 23.7 Å². The first-order chi connectivity index (χ1) is 13.0. The first-order valence-electron chi connectivity index (χ1n) is 7.38. The van der Waals surface area contributed by atoms with Gasteiger partial charge in [-0.25, -0.2) is 9.52 Å². The minimum atomic E-state index is -4.54. The third-order valence-corrected chi connectivity index (χ3v) is 4.11. The Bertz CT molecular complexity index is 1040. The monoisotopic (exact) mass is 445 g/mol. The number of nitriles is 1. The standard InChI is InChI=1S/C14H13Cl2N7O4S/c1-14(2,7-17)22-12-19-10(16)18-11(20-12)21-13(24)23-28(25,26)27-9-6-4-3-5-8(9)15/h3-6H,1-2H3,(H3,18,19,20,21,22,23,24). The van der Waals surface area contributed by atoms with E-state index in [9.17, 15) is 13.2 Å². The number of benzene rings is 1. The first-order valence-corrected chi connectivity index (χ1v) is 9.55. The van der Waals surface area contributed by atoms with Crippen LogP contribution in [-0.4, -0.2) is 34.9 Å². The topological polar surface area (TPSA) is 159 Å². The van der Waals surface area contributed by atoms with Crippen LogP contribution >= 0.6 is 23.2 Å². The van der Waals surface area contributed by atoms with Crippen LogP contribution in [0.2, 0.25) is 10.3 Å². The average molecular weight is 446 g/mol. The Morgan fingerprint density at radius 3 is 2.46 bits per heavy atom. The van der Waals surface area contributed by atoms with Crippen LogP contribution in [0.15, 0.2) is 24.3 Å². The molecule has 1 heterocycles. The van der Waals surface area contributed by atoms with Crippen LogP contribution in [0.1, 0.15) is 13.8 Å². The summed E-state index contributed by atoms with van der Waals surface area (Å²) in [5.74, 6) is -0.628. The quantitative estimate of drug-likeness (QED) is 0.605. The van der Waals surface area contributed by atoms with Crippen LogP contribution in [0, 0.1) is 11.3 Å². The molecule has 1 aromatic carbocycles. The molecule has 3 N–H and O–H groups in total. The summed E-state index contributed by atoms with van der Waals surface area (Å²) in [4.78, 5) is 23.2. The number of urea groups is 1. The molecule has 0 spiro atoms. The molecule has 0 saturated carbocycles. The fourth-order valence-electron chi connectivity index (χ4n) is 1.66. The van der Waals surface area contributed by atoms with Gasteiger partial charge in [-0.2, -0.15) is 28.6 Å². The van der Waals surface area contributed by atoms with Crippen molar-refractivity contribution in [2.24, 2.45) is 0 Å². The van der Waals surface area contributed by atoms with Crippen LogP contribution in [-0.2, 0) is 10.3 Å². The van der Waals surface area contributed by atoms with Crippen molar-refractivity contribution in [3.05, 3.63) is 34.6 Å². The fraction of sp³-hybridized carbons (Fsp3) is 0.214. The number of carbonyl (C=O) groups is 1. The SMILES string of the molecule is CC(C)(C#N)Nc1nc(Cl)nc(NC(=O)NS(=O)(=O)Oc2ccccc2Cl)n1. The van der Waals surface area contributed by atoms with E-state index in [0.29, 0.717) is 0 Å². The molecule has 2 rings (SSSR count). The van der Waals surface area contributed by atoms with Gasteiger partial charge in [0.05, 0.1) is 11.1 Å². The number of hydrogen-bond acceptors (Lipinski definition) is 9. The minimum absolute atomic E-state index is 0.0355. The molecule has 1 aromatic heterocycles. The molecule has 0 fully saturated rings. The molecular formula is C14H13Cl2N7O4S. The molecule has 14 heteroatoms. The molecule has 148 valence electrons. The number of aromatic nitrogens is 3. The van der Waals surface area contributed by atoms with Crippen LogP contribution in [0.25, 0.3) is 0 Å². The van der Waals surface area contributed by atoms with E-state index in [1.807, 2.05) is 6.07 Å². The maximum atomic E-state index is 11.9. The van der Waals surface area contributed by atoms with Gasteiger partial charge in [0, 0.05) is 0 Å². The number of para-hydroxylation sites is 1. The molecule has 0 aliphatic carbocycles. The third kappa shape index (κ3) is 6.38. The molecular weight excluding hydrogens is 433 g/mol. The molecule has 2 aromatic rings. The van der Waals surface area contributed by atoms with Gasteiger partial charge in [-0.05, 0) is 37.6 Å². The number of halogens is 2. The Morgan fingerprint density at radius 1 is 1.18 bits per heavy atom.